The molecule has 0 saturated carbocycles. The summed E-state index contributed by atoms with van der Waals surface area (Å²) in [6.07, 6.45) is 4.43. The van der Waals surface area contributed by atoms with Crippen LogP contribution in [0.4, 0.5) is 0 Å². The van der Waals surface area contributed by atoms with Crippen molar-refractivity contribution < 1.29 is 9.53 Å². The summed E-state index contributed by atoms with van der Waals surface area (Å²) in [6.45, 7) is 3.07. The van der Waals surface area contributed by atoms with Crippen molar-refractivity contribution in [1.29, 1.82) is 5.41 Å². The third kappa shape index (κ3) is 4.19. The SMILES string of the molecule is CCC1=NN2C(=N)/C(=C/c3cn(CCOc4ccc(Cl)cc4)c4ccccc34)C(=O)N=C2S1. The topological polar surface area (TPSA) is 83.0 Å². The Morgan fingerprint density at radius 3 is 2.76 bits per heavy atom. The zero-order valence-electron chi connectivity index (χ0n) is 17.8. The molecule has 7 nitrogen and oxygen atoms in total. The van der Waals surface area contributed by atoms with Crippen LogP contribution in [0.15, 0.2) is 70.4 Å². The van der Waals surface area contributed by atoms with Crippen LogP contribution in [-0.4, -0.2) is 38.1 Å². The maximum atomic E-state index is 12.7. The van der Waals surface area contributed by atoms with Crippen molar-refractivity contribution in [3.8, 4) is 5.75 Å². The first-order valence-corrected chi connectivity index (χ1v) is 11.7. The minimum absolute atomic E-state index is 0.0452. The monoisotopic (exact) mass is 477 g/mol. The average molecular weight is 478 g/mol. The van der Waals surface area contributed by atoms with E-state index in [1.165, 1.54) is 16.8 Å². The van der Waals surface area contributed by atoms with E-state index in [0.717, 1.165) is 33.7 Å². The summed E-state index contributed by atoms with van der Waals surface area (Å²) in [5.74, 6) is 0.377. The second kappa shape index (κ2) is 8.88. The van der Waals surface area contributed by atoms with Crippen LogP contribution in [0.25, 0.3) is 17.0 Å². The van der Waals surface area contributed by atoms with Crippen LogP contribution in [0.2, 0.25) is 5.02 Å². The molecule has 0 saturated heterocycles. The van der Waals surface area contributed by atoms with Crippen LogP contribution in [0.5, 0.6) is 5.75 Å². The fraction of sp³-hybridized carbons (Fsp3) is 0.167. The van der Waals surface area contributed by atoms with Crippen molar-refractivity contribution in [3.63, 3.8) is 0 Å². The average Bonchev–Trinajstić information content (AvgIpc) is 3.39. The first-order chi connectivity index (χ1) is 16.0. The molecule has 2 aromatic carbocycles. The number of amidine groups is 2. The van der Waals surface area contributed by atoms with Gasteiger partial charge in [-0.1, -0.05) is 36.7 Å². The maximum absolute atomic E-state index is 12.7. The van der Waals surface area contributed by atoms with E-state index in [1.807, 2.05) is 49.5 Å². The van der Waals surface area contributed by atoms with Gasteiger partial charge in [-0.25, -0.2) is 0 Å². The number of amides is 1. The van der Waals surface area contributed by atoms with E-state index in [2.05, 4.69) is 14.7 Å². The van der Waals surface area contributed by atoms with Gasteiger partial charge in [0.05, 0.1) is 12.1 Å². The molecule has 0 fully saturated rings. The molecule has 166 valence electrons. The van der Waals surface area contributed by atoms with Crippen LogP contribution in [0.3, 0.4) is 0 Å². The molecule has 9 heteroatoms. The van der Waals surface area contributed by atoms with Gasteiger partial charge in [0, 0.05) is 27.7 Å². The number of hydrazone groups is 1. The van der Waals surface area contributed by atoms with Crippen molar-refractivity contribution in [2.45, 2.75) is 19.9 Å². The van der Waals surface area contributed by atoms with Crippen molar-refractivity contribution >= 4 is 62.3 Å². The third-order valence-corrected chi connectivity index (χ3v) is 6.64. The molecule has 0 spiro atoms. The number of carbonyl (C=O) groups excluding carboxylic acids is 1. The Balaban J connectivity index is 1.42. The number of nitrogens with zero attached hydrogens (tertiary/aromatic N) is 4. The van der Waals surface area contributed by atoms with Gasteiger partial charge in [0.1, 0.15) is 17.4 Å². The minimum Gasteiger partial charge on any atom is -0.492 e. The van der Waals surface area contributed by atoms with E-state index in [0.29, 0.717) is 23.3 Å². The van der Waals surface area contributed by atoms with Gasteiger partial charge < -0.3 is 9.30 Å². The molecule has 1 amide bonds. The number of ether oxygens (including phenoxy) is 1. The quantitative estimate of drug-likeness (QED) is 0.481. The molecule has 33 heavy (non-hydrogen) atoms. The molecule has 3 aromatic rings. The number of para-hydroxylation sites is 1. The number of halogens is 1. The number of aromatic nitrogens is 1. The Kier molecular flexibility index (Phi) is 5.78. The third-order valence-electron chi connectivity index (χ3n) is 5.33. The first-order valence-electron chi connectivity index (χ1n) is 10.5. The first kappa shape index (κ1) is 21.5. The highest BCUT2D eigenvalue weighted by atomic mass is 35.5. The molecule has 3 heterocycles. The summed E-state index contributed by atoms with van der Waals surface area (Å²) < 4.78 is 7.94. The zero-order chi connectivity index (χ0) is 22.9. The zero-order valence-corrected chi connectivity index (χ0v) is 19.4. The van der Waals surface area contributed by atoms with Gasteiger partial charge >= 0.3 is 0 Å². The van der Waals surface area contributed by atoms with Gasteiger partial charge in [0.2, 0.25) is 5.17 Å². The molecule has 1 aromatic heterocycles. The molecule has 0 unspecified atom stereocenters. The molecule has 1 N–H and O–H groups in total. The van der Waals surface area contributed by atoms with Crippen LogP contribution in [0.1, 0.15) is 18.9 Å². The fourth-order valence-electron chi connectivity index (χ4n) is 3.70. The minimum atomic E-state index is -0.422. The Hall–Kier alpha value is -3.36. The second-order valence-electron chi connectivity index (χ2n) is 7.46. The molecule has 0 aliphatic carbocycles. The summed E-state index contributed by atoms with van der Waals surface area (Å²) in [7, 11) is 0. The second-order valence-corrected chi connectivity index (χ2v) is 8.94. The summed E-state index contributed by atoms with van der Waals surface area (Å²) in [6, 6.07) is 15.2. The van der Waals surface area contributed by atoms with Crippen molar-refractivity contribution in [3.05, 3.63) is 70.9 Å². The fourth-order valence-corrected chi connectivity index (χ4v) is 4.65. The van der Waals surface area contributed by atoms with Gasteiger partial charge in [-0.15, -0.1) is 0 Å². The molecular weight excluding hydrogens is 458 g/mol. The highest BCUT2D eigenvalue weighted by molar-refractivity contribution is 8.26. The van der Waals surface area contributed by atoms with E-state index in [1.54, 1.807) is 18.2 Å². The predicted molar refractivity (Wildman–Crippen MR) is 134 cm³/mol. The predicted octanol–water partition coefficient (Wildman–Crippen LogP) is 5.40. The standard InChI is InChI=1S/C24H20ClN5O2S/c1-2-21-28-30-22(26)19(23(31)27-24(30)33-21)13-15-14-29(20-6-4-3-5-18(15)20)11-12-32-17-9-7-16(25)8-10-17/h3-10,13-14,26H,2,11-12H2,1H3/b19-13-,26-22?. The largest absolute Gasteiger partial charge is 0.492 e. The van der Waals surface area contributed by atoms with Gasteiger partial charge in [0.25, 0.3) is 5.91 Å². The number of carbonyl (C=O) groups is 1. The van der Waals surface area contributed by atoms with E-state index < -0.39 is 5.91 Å². The molecule has 0 bridgehead atoms. The van der Waals surface area contributed by atoms with Crippen molar-refractivity contribution in [2.24, 2.45) is 10.1 Å². The Labute approximate surface area is 199 Å². The highest BCUT2D eigenvalue weighted by Crippen LogP contribution is 2.31. The lowest BCUT2D eigenvalue weighted by molar-refractivity contribution is -0.114. The molecule has 2 aliphatic heterocycles. The lowest BCUT2D eigenvalue weighted by atomic mass is 10.1. The van der Waals surface area contributed by atoms with Crippen molar-refractivity contribution in [1.82, 2.24) is 9.58 Å². The summed E-state index contributed by atoms with van der Waals surface area (Å²) in [5, 5.41) is 17.3. The van der Waals surface area contributed by atoms with E-state index in [9.17, 15) is 4.79 Å². The molecule has 2 aliphatic rings. The summed E-state index contributed by atoms with van der Waals surface area (Å²) in [4.78, 5) is 16.9. The van der Waals surface area contributed by atoms with Crippen LogP contribution >= 0.6 is 23.4 Å². The van der Waals surface area contributed by atoms with Gasteiger partial charge in [0.15, 0.2) is 5.84 Å². The molecule has 0 atom stereocenters. The van der Waals surface area contributed by atoms with E-state index in [4.69, 9.17) is 21.7 Å². The van der Waals surface area contributed by atoms with Crippen LogP contribution in [-0.2, 0) is 11.3 Å². The smallest absolute Gasteiger partial charge is 0.283 e. The number of hydrogen-bond acceptors (Lipinski definition) is 5. The number of rotatable bonds is 6. The lowest BCUT2D eigenvalue weighted by Gasteiger charge is -2.20. The Bertz CT molecular complexity index is 1360. The molecule has 5 rings (SSSR count). The maximum Gasteiger partial charge on any atom is 0.283 e. The summed E-state index contributed by atoms with van der Waals surface area (Å²) in [5.41, 5.74) is 2.09. The number of hydrogen-bond donors (Lipinski definition) is 1. The van der Waals surface area contributed by atoms with Gasteiger partial charge in [-0.05, 0) is 54.6 Å². The van der Waals surface area contributed by atoms with Gasteiger partial charge in [-0.2, -0.15) is 15.1 Å². The Morgan fingerprint density at radius 2 is 1.97 bits per heavy atom. The number of aliphatic imine (C=N–C) groups is 1. The van der Waals surface area contributed by atoms with Crippen LogP contribution in [0, 0.1) is 5.41 Å². The lowest BCUT2D eigenvalue weighted by Crippen LogP contribution is -2.35. The van der Waals surface area contributed by atoms with Gasteiger partial charge in [-0.3, -0.25) is 10.2 Å². The van der Waals surface area contributed by atoms with Crippen LogP contribution < -0.4 is 4.74 Å². The molecule has 0 radical (unpaired) electrons. The number of nitrogens with one attached hydrogen (secondary N) is 1. The van der Waals surface area contributed by atoms with E-state index in [-0.39, 0.29) is 11.4 Å². The molecular formula is C24H20ClN5O2S. The highest BCUT2D eigenvalue weighted by Gasteiger charge is 2.35. The Morgan fingerprint density at radius 1 is 1.18 bits per heavy atom. The van der Waals surface area contributed by atoms with E-state index >= 15 is 0 Å². The number of benzene rings is 2. The normalized spacial score (nSPS) is 16.9. The number of fused-ring (bicyclic) bond motifs is 2. The summed E-state index contributed by atoms with van der Waals surface area (Å²) >= 11 is 7.27. The number of thioether (sulfide) groups is 1. The van der Waals surface area contributed by atoms with Crippen molar-refractivity contribution in [2.75, 3.05) is 6.61 Å².